The lowest BCUT2D eigenvalue weighted by atomic mass is 10.1. The van der Waals surface area contributed by atoms with Gasteiger partial charge in [0.1, 0.15) is 0 Å². The zero-order valence-corrected chi connectivity index (χ0v) is 14.2. The Hall–Kier alpha value is -2.37. The highest BCUT2D eigenvalue weighted by molar-refractivity contribution is 5.93. The molecule has 126 valence electrons. The number of rotatable bonds is 3. The van der Waals surface area contributed by atoms with Crippen molar-refractivity contribution in [2.24, 2.45) is 0 Å². The van der Waals surface area contributed by atoms with E-state index in [1.165, 1.54) is 5.06 Å². The predicted molar refractivity (Wildman–Crippen MR) is 92.6 cm³/mol. The van der Waals surface area contributed by atoms with Gasteiger partial charge in [0.2, 0.25) is 6.29 Å². The number of carbonyl (C=O) groups is 1. The van der Waals surface area contributed by atoms with Crippen LogP contribution in [0.4, 0.5) is 5.69 Å². The third-order valence-corrected chi connectivity index (χ3v) is 3.93. The van der Waals surface area contributed by atoms with Crippen molar-refractivity contribution in [2.45, 2.75) is 19.3 Å². The van der Waals surface area contributed by atoms with Crippen LogP contribution in [0.15, 0.2) is 54.6 Å². The quantitative estimate of drug-likeness (QED) is 0.868. The van der Waals surface area contributed by atoms with Crippen LogP contribution in [0.1, 0.15) is 29.1 Å². The van der Waals surface area contributed by atoms with Gasteiger partial charge < -0.3 is 9.64 Å². The molecule has 24 heavy (non-hydrogen) atoms. The Bertz CT molecular complexity index is 686. The lowest BCUT2D eigenvalue weighted by Crippen LogP contribution is -2.44. The molecule has 5 nitrogen and oxygen atoms in total. The monoisotopic (exact) mass is 326 g/mol. The van der Waals surface area contributed by atoms with Crippen LogP contribution in [0.25, 0.3) is 0 Å². The number of hydroxylamine groups is 2. The molecule has 1 fully saturated rings. The summed E-state index contributed by atoms with van der Waals surface area (Å²) in [5, 5.41) is 1.40. The minimum absolute atomic E-state index is 0.107. The summed E-state index contributed by atoms with van der Waals surface area (Å²) >= 11 is 0. The van der Waals surface area contributed by atoms with Crippen molar-refractivity contribution in [1.82, 2.24) is 5.06 Å². The minimum atomic E-state index is -0.586. The summed E-state index contributed by atoms with van der Waals surface area (Å²) in [6.45, 7) is 2.34. The number of nitrogens with zero attached hydrogens (tertiary/aromatic N) is 2. The number of carbonyl (C=O) groups excluding carboxylic acids is 1. The highest BCUT2D eigenvalue weighted by Gasteiger charge is 2.31. The number of ether oxygens (including phenoxy) is 1. The normalized spacial score (nSPS) is 20.7. The molecule has 2 atom stereocenters. The maximum absolute atomic E-state index is 12.6. The molecule has 1 saturated heterocycles. The average Bonchev–Trinajstić information content (AvgIpc) is 2.61. The van der Waals surface area contributed by atoms with Crippen LogP contribution < -0.4 is 4.90 Å². The number of hydrogen-bond acceptors (Lipinski definition) is 4. The van der Waals surface area contributed by atoms with Gasteiger partial charge in [0, 0.05) is 30.9 Å². The fourth-order valence-corrected chi connectivity index (χ4v) is 2.60. The van der Waals surface area contributed by atoms with Gasteiger partial charge in [-0.3, -0.25) is 4.79 Å². The van der Waals surface area contributed by atoms with E-state index in [9.17, 15) is 4.79 Å². The molecule has 0 spiro atoms. The highest BCUT2D eigenvalue weighted by Crippen LogP contribution is 2.28. The molecule has 1 amide bonds. The molecule has 1 aliphatic rings. The van der Waals surface area contributed by atoms with Gasteiger partial charge in [-0.2, -0.15) is 0 Å². The van der Waals surface area contributed by atoms with E-state index in [-0.39, 0.29) is 12.0 Å². The molecule has 0 unspecified atom stereocenters. The first kappa shape index (κ1) is 16.5. The fourth-order valence-electron chi connectivity index (χ4n) is 2.60. The summed E-state index contributed by atoms with van der Waals surface area (Å²) in [4.78, 5) is 20.4. The van der Waals surface area contributed by atoms with Crippen molar-refractivity contribution < 1.29 is 14.4 Å². The zero-order valence-electron chi connectivity index (χ0n) is 14.2. The van der Waals surface area contributed by atoms with Gasteiger partial charge in [0.15, 0.2) is 0 Å². The summed E-state index contributed by atoms with van der Waals surface area (Å²) in [7, 11) is 3.98. The molecule has 2 aromatic carbocycles. The van der Waals surface area contributed by atoms with Crippen molar-refractivity contribution in [3.63, 3.8) is 0 Å². The Kier molecular flexibility index (Phi) is 4.83. The van der Waals surface area contributed by atoms with Crippen LogP contribution in [0.5, 0.6) is 0 Å². The van der Waals surface area contributed by atoms with Crippen LogP contribution in [-0.2, 0) is 9.57 Å². The summed E-state index contributed by atoms with van der Waals surface area (Å²) in [6, 6.07) is 17.1. The summed E-state index contributed by atoms with van der Waals surface area (Å²) in [6.07, 6.45) is -0.692. The molecule has 0 N–H and O–H groups in total. The van der Waals surface area contributed by atoms with Gasteiger partial charge in [-0.15, -0.1) is 0 Å². The summed E-state index contributed by atoms with van der Waals surface area (Å²) in [5.74, 6) is -0.152. The van der Waals surface area contributed by atoms with Gasteiger partial charge in [-0.05, 0) is 31.2 Å². The molecular formula is C19H22N2O3. The Morgan fingerprint density at radius 3 is 2.38 bits per heavy atom. The lowest BCUT2D eigenvalue weighted by Gasteiger charge is -2.36. The van der Waals surface area contributed by atoms with Gasteiger partial charge in [0.05, 0.1) is 12.6 Å². The van der Waals surface area contributed by atoms with E-state index in [4.69, 9.17) is 9.57 Å². The Balaban J connectivity index is 1.77. The Morgan fingerprint density at radius 2 is 1.75 bits per heavy atom. The standard InChI is InChI=1S/C19H22N2O3/c1-14-13-21(18(22)15-7-5-4-6-8-15)24-19(23-14)16-9-11-17(12-10-16)20(2)3/h4-12,14,19H,13H2,1-3H3/t14-,19-/m0/s1. The zero-order chi connectivity index (χ0) is 17.1. The number of benzene rings is 2. The molecule has 1 heterocycles. The smallest absolute Gasteiger partial charge is 0.277 e. The van der Waals surface area contributed by atoms with E-state index in [0.29, 0.717) is 12.1 Å². The number of hydrogen-bond donors (Lipinski definition) is 0. The number of anilines is 1. The maximum atomic E-state index is 12.6. The predicted octanol–water partition coefficient (Wildman–Crippen LogP) is 3.24. The third-order valence-electron chi connectivity index (χ3n) is 3.93. The van der Waals surface area contributed by atoms with Crippen molar-refractivity contribution in [3.8, 4) is 0 Å². The van der Waals surface area contributed by atoms with Gasteiger partial charge in [0.25, 0.3) is 5.91 Å². The summed E-state index contributed by atoms with van der Waals surface area (Å²) < 4.78 is 5.86. The number of amides is 1. The first-order valence-corrected chi connectivity index (χ1v) is 8.01. The first-order valence-electron chi connectivity index (χ1n) is 8.01. The van der Waals surface area contributed by atoms with E-state index >= 15 is 0 Å². The molecule has 0 saturated carbocycles. The molecule has 3 rings (SSSR count). The Labute approximate surface area is 142 Å². The van der Waals surface area contributed by atoms with Crippen molar-refractivity contribution in [1.29, 1.82) is 0 Å². The van der Waals surface area contributed by atoms with E-state index in [1.54, 1.807) is 12.1 Å². The third kappa shape index (κ3) is 3.58. The SMILES string of the molecule is C[C@H]1CN(C(=O)c2ccccc2)O[C@@H](c2ccc(N(C)C)cc2)O1. The van der Waals surface area contributed by atoms with Crippen molar-refractivity contribution in [3.05, 3.63) is 65.7 Å². The minimum Gasteiger partial charge on any atom is -0.378 e. The molecule has 1 aliphatic heterocycles. The summed E-state index contributed by atoms with van der Waals surface area (Å²) in [5.41, 5.74) is 2.59. The molecular weight excluding hydrogens is 304 g/mol. The van der Waals surface area contributed by atoms with E-state index < -0.39 is 6.29 Å². The molecule has 0 bridgehead atoms. The van der Waals surface area contributed by atoms with Crippen molar-refractivity contribution >= 4 is 11.6 Å². The molecule has 0 aliphatic carbocycles. The van der Waals surface area contributed by atoms with E-state index in [0.717, 1.165) is 11.3 Å². The van der Waals surface area contributed by atoms with Crippen LogP contribution >= 0.6 is 0 Å². The van der Waals surface area contributed by atoms with Crippen LogP contribution in [0.2, 0.25) is 0 Å². The second-order valence-electron chi connectivity index (χ2n) is 6.10. The second kappa shape index (κ2) is 7.03. The molecule has 0 radical (unpaired) electrons. The molecule has 2 aromatic rings. The van der Waals surface area contributed by atoms with E-state index in [2.05, 4.69) is 0 Å². The second-order valence-corrected chi connectivity index (χ2v) is 6.10. The first-order chi connectivity index (χ1) is 11.5. The van der Waals surface area contributed by atoms with Crippen LogP contribution in [-0.4, -0.2) is 37.7 Å². The van der Waals surface area contributed by atoms with Gasteiger partial charge in [-0.25, -0.2) is 9.90 Å². The fraction of sp³-hybridized carbons (Fsp3) is 0.316. The average molecular weight is 326 g/mol. The maximum Gasteiger partial charge on any atom is 0.277 e. The van der Waals surface area contributed by atoms with Crippen molar-refractivity contribution in [2.75, 3.05) is 25.5 Å². The lowest BCUT2D eigenvalue weighted by molar-refractivity contribution is -0.320. The van der Waals surface area contributed by atoms with Crippen LogP contribution in [0.3, 0.4) is 0 Å². The molecule has 0 aromatic heterocycles. The van der Waals surface area contributed by atoms with E-state index in [1.807, 2.05) is 68.4 Å². The van der Waals surface area contributed by atoms with Gasteiger partial charge >= 0.3 is 0 Å². The van der Waals surface area contributed by atoms with Gasteiger partial charge in [-0.1, -0.05) is 30.3 Å². The largest absolute Gasteiger partial charge is 0.378 e. The van der Waals surface area contributed by atoms with Crippen LogP contribution in [0, 0.1) is 0 Å². The Morgan fingerprint density at radius 1 is 1.08 bits per heavy atom. The topological polar surface area (TPSA) is 42.0 Å². The molecule has 5 heteroatoms. The highest BCUT2D eigenvalue weighted by atomic mass is 16.8.